The maximum absolute atomic E-state index is 5.53. The van der Waals surface area contributed by atoms with Gasteiger partial charge in [-0.1, -0.05) is 6.42 Å². The minimum absolute atomic E-state index is 0.514. The Balaban J connectivity index is 1.66. The lowest BCUT2D eigenvalue weighted by atomic mass is 9.82. The molecule has 0 spiro atoms. The lowest BCUT2D eigenvalue weighted by molar-refractivity contribution is 0.0652. The third-order valence-corrected chi connectivity index (χ3v) is 5.32. The number of nitrogens with one attached hydrogen (secondary N) is 1. The molecule has 0 unspecified atom stereocenters. The van der Waals surface area contributed by atoms with Crippen LogP contribution in [-0.4, -0.2) is 50.8 Å². The van der Waals surface area contributed by atoms with Crippen LogP contribution >= 0.6 is 0 Å². The van der Waals surface area contributed by atoms with Crippen molar-refractivity contribution < 1.29 is 4.74 Å². The van der Waals surface area contributed by atoms with Crippen molar-refractivity contribution in [1.29, 1.82) is 0 Å². The van der Waals surface area contributed by atoms with Crippen LogP contribution in [0.4, 0.5) is 0 Å². The largest absolute Gasteiger partial charge is 0.384 e. The molecule has 98 valence electrons. The molecule has 3 nitrogen and oxygen atoms in total. The number of hydrogen-bond acceptors (Lipinski definition) is 3. The lowest BCUT2D eigenvalue weighted by Crippen LogP contribution is -2.43. The Bertz CT molecular complexity index is 265. The molecule has 1 saturated carbocycles. The van der Waals surface area contributed by atoms with E-state index in [1.54, 1.807) is 0 Å². The molecule has 2 aliphatic heterocycles. The number of ether oxygens (including phenoxy) is 1. The van der Waals surface area contributed by atoms with Gasteiger partial charge in [0.2, 0.25) is 0 Å². The molecular weight excluding hydrogens is 212 g/mol. The number of hydrogen-bond donors (Lipinski definition) is 1. The van der Waals surface area contributed by atoms with Gasteiger partial charge in [-0.25, -0.2) is 0 Å². The first kappa shape index (κ1) is 11.9. The second-order valence-corrected chi connectivity index (χ2v) is 6.30. The summed E-state index contributed by atoms with van der Waals surface area (Å²) in [5.41, 5.74) is 0.514. The maximum Gasteiger partial charge on any atom is 0.0534 e. The fourth-order valence-corrected chi connectivity index (χ4v) is 4.43. The van der Waals surface area contributed by atoms with Gasteiger partial charge in [-0.3, -0.25) is 4.90 Å². The fraction of sp³-hybridized carbons (Fsp3) is 1.00. The average molecular weight is 238 g/mol. The molecule has 2 atom stereocenters. The molecule has 0 radical (unpaired) electrons. The highest BCUT2D eigenvalue weighted by Gasteiger charge is 2.50. The minimum atomic E-state index is 0.514. The van der Waals surface area contributed by atoms with Crippen LogP contribution in [0.25, 0.3) is 0 Å². The van der Waals surface area contributed by atoms with Crippen LogP contribution in [0.5, 0.6) is 0 Å². The zero-order valence-corrected chi connectivity index (χ0v) is 11.1. The predicted molar refractivity (Wildman–Crippen MR) is 69.1 cm³/mol. The van der Waals surface area contributed by atoms with Gasteiger partial charge in [-0.05, 0) is 44.7 Å². The molecular formula is C14H26N2O. The van der Waals surface area contributed by atoms with Gasteiger partial charge in [-0.2, -0.15) is 0 Å². The smallest absolute Gasteiger partial charge is 0.0534 e. The van der Waals surface area contributed by atoms with Crippen LogP contribution in [0.1, 0.15) is 32.1 Å². The van der Waals surface area contributed by atoms with E-state index in [-0.39, 0.29) is 0 Å². The van der Waals surface area contributed by atoms with Crippen molar-refractivity contribution in [2.24, 2.45) is 11.3 Å². The quantitative estimate of drug-likeness (QED) is 0.806. The maximum atomic E-state index is 5.53. The Hall–Kier alpha value is -0.120. The minimum Gasteiger partial charge on any atom is -0.384 e. The molecule has 3 fully saturated rings. The van der Waals surface area contributed by atoms with E-state index in [1.807, 2.05) is 7.11 Å². The summed E-state index contributed by atoms with van der Waals surface area (Å²) < 4.78 is 5.53. The summed E-state index contributed by atoms with van der Waals surface area (Å²) in [5.74, 6) is 0.914. The van der Waals surface area contributed by atoms with Gasteiger partial charge in [0.1, 0.15) is 0 Å². The van der Waals surface area contributed by atoms with Crippen molar-refractivity contribution in [3.05, 3.63) is 0 Å². The molecule has 1 N–H and O–H groups in total. The second kappa shape index (κ2) is 4.87. The molecule has 0 bridgehead atoms. The van der Waals surface area contributed by atoms with E-state index in [2.05, 4.69) is 10.2 Å². The third kappa shape index (κ3) is 2.13. The van der Waals surface area contributed by atoms with E-state index < -0.39 is 0 Å². The number of likely N-dealkylation sites (tertiary alicyclic amines) is 1. The van der Waals surface area contributed by atoms with Crippen molar-refractivity contribution in [3.63, 3.8) is 0 Å². The van der Waals surface area contributed by atoms with Crippen molar-refractivity contribution in [1.82, 2.24) is 10.2 Å². The first-order chi connectivity index (χ1) is 8.34. The molecule has 2 saturated heterocycles. The highest BCUT2D eigenvalue weighted by Crippen LogP contribution is 2.49. The molecule has 3 rings (SSSR count). The molecule has 0 aromatic carbocycles. The Morgan fingerprint density at radius 2 is 2.12 bits per heavy atom. The van der Waals surface area contributed by atoms with E-state index in [0.29, 0.717) is 5.41 Å². The van der Waals surface area contributed by atoms with Crippen molar-refractivity contribution in [2.75, 3.05) is 39.9 Å². The monoisotopic (exact) mass is 238 g/mol. The molecule has 17 heavy (non-hydrogen) atoms. The summed E-state index contributed by atoms with van der Waals surface area (Å²) >= 11 is 0. The normalized spacial score (nSPS) is 39.7. The standard InChI is InChI=1S/C14H26N2O/c1-17-11-14-6-2-3-12(14)9-16(10-14)13-4-7-15-8-5-13/h12-13,15H,2-11H2,1H3/t12-,14+/m0/s1. The summed E-state index contributed by atoms with van der Waals surface area (Å²) in [4.78, 5) is 2.78. The van der Waals surface area contributed by atoms with E-state index >= 15 is 0 Å². The van der Waals surface area contributed by atoms with E-state index in [9.17, 15) is 0 Å². The van der Waals surface area contributed by atoms with Crippen LogP contribution in [0.15, 0.2) is 0 Å². The zero-order valence-electron chi connectivity index (χ0n) is 11.1. The van der Waals surface area contributed by atoms with Crippen LogP contribution < -0.4 is 5.32 Å². The summed E-state index contributed by atoms with van der Waals surface area (Å²) in [5, 5.41) is 3.47. The van der Waals surface area contributed by atoms with E-state index in [1.165, 1.54) is 58.3 Å². The Morgan fingerprint density at radius 3 is 2.88 bits per heavy atom. The predicted octanol–water partition coefficient (Wildman–Crippen LogP) is 1.49. The number of methoxy groups -OCH3 is 1. The van der Waals surface area contributed by atoms with Gasteiger partial charge in [0.25, 0.3) is 0 Å². The van der Waals surface area contributed by atoms with E-state index in [4.69, 9.17) is 4.74 Å². The number of rotatable bonds is 3. The van der Waals surface area contributed by atoms with Gasteiger partial charge >= 0.3 is 0 Å². The van der Waals surface area contributed by atoms with Gasteiger partial charge in [0.15, 0.2) is 0 Å². The highest BCUT2D eigenvalue weighted by atomic mass is 16.5. The molecule has 2 heterocycles. The van der Waals surface area contributed by atoms with Crippen LogP contribution in [0.2, 0.25) is 0 Å². The van der Waals surface area contributed by atoms with Crippen molar-refractivity contribution in [2.45, 2.75) is 38.1 Å². The Labute approximate surface area is 105 Å². The molecule has 1 aliphatic carbocycles. The number of fused-ring (bicyclic) bond motifs is 1. The lowest BCUT2D eigenvalue weighted by Gasteiger charge is -2.33. The number of piperidine rings is 1. The Morgan fingerprint density at radius 1 is 1.29 bits per heavy atom. The SMILES string of the molecule is COC[C@]12CCC[C@H]1CN(C1CCNCC1)C2. The van der Waals surface area contributed by atoms with E-state index in [0.717, 1.165) is 18.6 Å². The number of nitrogens with zero attached hydrogens (tertiary/aromatic N) is 1. The first-order valence-corrected chi connectivity index (χ1v) is 7.28. The molecule has 0 amide bonds. The Kier molecular flexibility index (Phi) is 3.42. The van der Waals surface area contributed by atoms with Crippen LogP contribution in [0.3, 0.4) is 0 Å². The zero-order chi connectivity index (χ0) is 11.7. The molecule has 3 aliphatic rings. The van der Waals surface area contributed by atoms with Gasteiger partial charge in [0.05, 0.1) is 6.61 Å². The van der Waals surface area contributed by atoms with Gasteiger partial charge in [-0.15, -0.1) is 0 Å². The topological polar surface area (TPSA) is 24.5 Å². The third-order valence-electron chi connectivity index (χ3n) is 5.32. The average Bonchev–Trinajstić information content (AvgIpc) is 2.87. The summed E-state index contributed by atoms with van der Waals surface area (Å²) in [6.45, 7) is 6.05. The molecule has 0 aromatic rings. The first-order valence-electron chi connectivity index (χ1n) is 7.28. The summed E-state index contributed by atoms with van der Waals surface area (Å²) in [7, 11) is 1.87. The fourth-order valence-electron chi connectivity index (χ4n) is 4.43. The second-order valence-electron chi connectivity index (χ2n) is 6.30. The van der Waals surface area contributed by atoms with Gasteiger partial charge in [0, 0.05) is 31.7 Å². The summed E-state index contributed by atoms with van der Waals surface area (Å²) in [6.07, 6.45) is 6.94. The van der Waals surface area contributed by atoms with Crippen molar-refractivity contribution in [3.8, 4) is 0 Å². The van der Waals surface area contributed by atoms with Crippen molar-refractivity contribution >= 4 is 0 Å². The molecule has 3 heteroatoms. The van der Waals surface area contributed by atoms with Crippen LogP contribution in [0, 0.1) is 11.3 Å². The molecule has 0 aromatic heterocycles. The highest BCUT2D eigenvalue weighted by molar-refractivity contribution is 5.02. The summed E-state index contributed by atoms with van der Waals surface area (Å²) in [6, 6.07) is 0.843. The van der Waals surface area contributed by atoms with Crippen LogP contribution in [-0.2, 0) is 4.74 Å². The van der Waals surface area contributed by atoms with Gasteiger partial charge < -0.3 is 10.1 Å².